The highest BCUT2D eigenvalue weighted by Gasteiger charge is 2.24. The maximum absolute atomic E-state index is 12.3. The van der Waals surface area contributed by atoms with Gasteiger partial charge in [-0.1, -0.05) is 24.3 Å². The normalized spacial score (nSPS) is 13.2. The molecule has 5 nitrogen and oxygen atoms in total. The van der Waals surface area contributed by atoms with Crippen molar-refractivity contribution in [1.29, 1.82) is 0 Å². The van der Waals surface area contributed by atoms with Crippen molar-refractivity contribution in [2.24, 2.45) is 0 Å². The highest BCUT2D eigenvalue weighted by atomic mass is 32.2. The molecule has 1 N–H and O–H groups in total. The topological polar surface area (TPSA) is 66.5 Å². The minimum atomic E-state index is -3.07. The van der Waals surface area contributed by atoms with E-state index in [9.17, 15) is 13.2 Å². The first-order valence-electron chi connectivity index (χ1n) is 6.40. The van der Waals surface area contributed by atoms with Gasteiger partial charge in [0.25, 0.3) is 0 Å². The number of benzene rings is 1. The van der Waals surface area contributed by atoms with Gasteiger partial charge in [0, 0.05) is 12.8 Å². The quantitative estimate of drug-likeness (QED) is 0.842. The number of nitrogens with one attached hydrogen (secondary N) is 1. The van der Waals surface area contributed by atoms with Crippen LogP contribution in [0.25, 0.3) is 0 Å². The number of aryl methyl sites for hydroxylation is 1. The molecule has 0 saturated carbocycles. The minimum absolute atomic E-state index is 0.0489. The van der Waals surface area contributed by atoms with Crippen LogP contribution in [0.15, 0.2) is 24.3 Å². The second-order valence-electron chi connectivity index (χ2n) is 5.14. The van der Waals surface area contributed by atoms with Gasteiger partial charge in [-0.2, -0.15) is 0 Å². The van der Waals surface area contributed by atoms with Gasteiger partial charge in [0.15, 0.2) is 0 Å². The molecule has 0 aliphatic heterocycles. The van der Waals surface area contributed by atoms with E-state index in [1.807, 2.05) is 50.2 Å². The highest BCUT2D eigenvalue weighted by Crippen LogP contribution is 2.21. The van der Waals surface area contributed by atoms with E-state index in [0.29, 0.717) is 0 Å². The third-order valence-electron chi connectivity index (χ3n) is 3.02. The molecule has 0 spiro atoms. The van der Waals surface area contributed by atoms with E-state index in [-0.39, 0.29) is 18.2 Å². The van der Waals surface area contributed by atoms with Gasteiger partial charge in [-0.25, -0.2) is 8.42 Å². The van der Waals surface area contributed by atoms with Crippen LogP contribution in [0.3, 0.4) is 0 Å². The van der Waals surface area contributed by atoms with Crippen LogP contribution < -0.4 is 5.32 Å². The maximum atomic E-state index is 12.3. The van der Waals surface area contributed by atoms with Crippen LogP contribution in [0.2, 0.25) is 0 Å². The summed E-state index contributed by atoms with van der Waals surface area (Å²) in [6, 6.07) is 7.26. The molecule has 1 aromatic rings. The molecule has 0 fully saturated rings. The minimum Gasteiger partial charge on any atom is -0.353 e. The van der Waals surface area contributed by atoms with E-state index in [4.69, 9.17) is 0 Å². The molecule has 0 radical (unpaired) electrons. The number of nitrogens with zero attached hydrogens (tertiary/aromatic N) is 1. The molecule has 0 aliphatic carbocycles. The third kappa shape index (κ3) is 4.94. The van der Waals surface area contributed by atoms with E-state index in [1.165, 1.54) is 0 Å². The molecule has 1 unspecified atom stereocenters. The smallest absolute Gasteiger partial charge is 0.241 e. The van der Waals surface area contributed by atoms with Gasteiger partial charge in [0.05, 0.1) is 5.75 Å². The second-order valence-corrected chi connectivity index (χ2v) is 7.40. The SMILES string of the molecule is Cc1ccccc1C(C(=O)NCCS(C)(=O)=O)N(C)C. The summed E-state index contributed by atoms with van der Waals surface area (Å²) in [5, 5.41) is 2.69. The van der Waals surface area contributed by atoms with Gasteiger partial charge in [0.2, 0.25) is 5.91 Å². The van der Waals surface area contributed by atoms with Crippen LogP contribution in [-0.4, -0.2) is 51.9 Å². The Bertz CT molecular complexity index is 568. The molecular weight excluding hydrogens is 276 g/mol. The van der Waals surface area contributed by atoms with Gasteiger partial charge in [-0.15, -0.1) is 0 Å². The largest absolute Gasteiger partial charge is 0.353 e. The Morgan fingerprint density at radius 2 is 1.90 bits per heavy atom. The van der Waals surface area contributed by atoms with Crippen molar-refractivity contribution in [2.45, 2.75) is 13.0 Å². The van der Waals surface area contributed by atoms with Crippen molar-refractivity contribution in [3.05, 3.63) is 35.4 Å². The van der Waals surface area contributed by atoms with Crippen LogP contribution in [0.5, 0.6) is 0 Å². The first-order chi connectivity index (χ1) is 9.22. The van der Waals surface area contributed by atoms with Gasteiger partial charge < -0.3 is 5.32 Å². The zero-order valence-corrected chi connectivity index (χ0v) is 13.2. The molecule has 0 aromatic heterocycles. The van der Waals surface area contributed by atoms with Crippen LogP contribution in [0.4, 0.5) is 0 Å². The molecule has 0 aliphatic rings. The monoisotopic (exact) mass is 298 g/mol. The van der Waals surface area contributed by atoms with Crippen molar-refractivity contribution in [3.63, 3.8) is 0 Å². The zero-order chi connectivity index (χ0) is 15.3. The Morgan fingerprint density at radius 3 is 2.40 bits per heavy atom. The summed E-state index contributed by atoms with van der Waals surface area (Å²) in [5.74, 6) is -0.236. The summed E-state index contributed by atoms with van der Waals surface area (Å²) in [7, 11) is 0.586. The number of likely N-dealkylation sites (N-methyl/N-ethyl adjacent to an activating group) is 1. The van der Waals surface area contributed by atoms with Crippen LogP contribution in [0.1, 0.15) is 17.2 Å². The summed E-state index contributed by atoms with van der Waals surface area (Å²) < 4.78 is 22.2. The molecule has 1 rings (SSSR count). The second kappa shape index (κ2) is 6.85. The number of rotatable bonds is 6. The lowest BCUT2D eigenvalue weighted by Gasteiger charge is -2.25. The van der Waals surface area contributed by atoms with Crippen molar-refractivity contribution < 1.29 is 13.2 Å². The molecule has 20 heavy (non-hydrogen) atoms. The van der Waals surface area contributed by atoms with Crippen LogP contribution in [-0.2, 0) is 14.6 Å². The molecule has 6 heteroatoms. The molecule has 0 bridgehead atoms. The van der Waals surface area contributed by atoms with E-state index >= 15 is 0 Å². The van der Waals surface area contributed by atoms with Gasteiger partial charge in [-0.3, -0.25) is 9.69 Å². The number of carbonyl (C=O) groups is 1. The molecule has 112 valence electrons. The third-order valence-corrected chi connectivity index (χ3v) is 3.97. The average molecular weight is 298 g/mol. The van der Waals surface area contributed by atoms with Gasteiger partial charge >= 0.3 is 0 Å². The average Bonchev–Trinajstić information content (AvgIpc) is 2.29. The fourth-order valence-electron chi connectivity index (χ4n) is 2.00. The van der Waals surface area contributed by atoms with Crippen molar-refractivity contribution in [3.8, 4) is 0 Å². The van der Waals surface area contributed by atoms with Crippen molar-refractivity contribution in [1.82, 2.24) is 10.2 Å². The number of hydrogen-bond acceptors (Lipinski definition) is 4. The fourth-order valence-corrected chi connectivity index (χ4v) is 2.48. The lowest BCUT2D eigenvalue weighted by molar-refractivity contribution is -0.125. The molecule has 1 amide bonds. The lowest BCUT2D eigenvalue weighted by atomic mass is 10.00. The predicted molar refractivity (Wildman–Crippen MR) is 80.3 cm³/mol. The number of amides is 1. The molecule has 1 atom stereocenters. The number of carbonyl (C=O) groups excluding carboxylic acids is 1. The van der Waals surface area contributed by atoms with E-state index in [1.54, 1.807) is 0 Å². The summed E-state index contributed by atoms with van der Waals surface area (Å²) in [5.41, 5.74) is 1.96. The van der Waals surface area contributed by atoms with Crippen LogP contribution >= 0.6 is 0 Å². The van der Waals surface area contributed by atoms with Gasteiger partial charge in [0.1, 0.15) is 15.9 Å². The Morgan fingerprint density at radius 1 is 1.30 bits per heavy atom. The lowest BCUT2D eigenvalue weighted by Crippen LogP contribution is -2.39. The Labute approximate surface area is 120 Å². The Balaban J connectivity index is 2.82. The maximum Gasteiger partial charge on any atom is 0.241 e. The standard InChI is InChI=1S/C14H22N2O3S/c1-11-7-5-6-8-12(11)13(16(2)3)14(17)15-9-10-20(4,18)19/h5-8,13H,9-10H2,1-4H3,(H,15,17). The summed E-state index contributed by atoms with van der Waals surface area (Å²) in [6.07, 6.45) is 1.16. The molecule has 0 saturated heterocycles. The van der Waals surface area contributed by atoms with E-state index in [2.05, 4.69) is 5.32 Å². The first-order valence-corrected chi connectivity index (χ1v) is 8.46. The zero-order valence-electron chi connectivity index (χ0n) is 12.4. The highest BCUT2D eigenvalue weighted by molar-refractivity contribution is 7.90. The van der Waals surface area contributed by atoms with Crippen LogP contribution in [0, 0.1) is 6.92 Å². The summed E-state index contributed by atoms with van der Waals surface area (Å²) >= 11 is 0. The number of hydrogen-bond donors (Lipinski definition) is 1. The van der Waals surface area contributed by atoms with Crippen molar-refractivity contribution in [2.75, 3.05) is 32.6 Å². The van der Waals surface area contributed by atoms with E-state index < -0.39 is 15.9 Å². The first kappa shape index (κ1) is 16.7. The molecular formula is C14H22N2O3S. The van der Waals surface area contributed by atoms with Crippen molar-refractivity contribution >= 4 is 15.7 Å². The fraction of sp³-hybridized carbons (Fsp3) is 0.500. The molecule has 0 heterocycles. The Hall–Kier alpha value is -1.40. The summed E-state index contributed by atoms with van der Waals surface area (Å²) in [6.45, 7) is 2.09. The van der Waals surface area contributed by atoms with Gasteiger partial charge in [-0.05, 0) is 32.1 Å². The predicted octanol–water partition coefficient (Wildman–Crippen LogP) is 0.759. The Kier molecular flexibility index (Phi) is 5.71. The number of sulfone groups is 1. The van der Waals surface area contributed by atoms with E-state index in [0.717, 1.165) is 17.4 Å². The molecule has 1 aromatic carbocycles. The summed E-state index contributed by atoms with van der Waals surface area (Å²) in [4.78, 5) is 14.1.